The van der Waals surface area contributed by atoms with Gasteiger partial charge < -0.3 is 9.47 Å². The molecule has 5 nitrogen and oxygen atoms in total. The number of halogens is 3. The molecule has 0 spiro atoms. The van der Waals surface area contributed by atoms with E-state index < -0.39 is 17.7 Å². The van der Waals surface area contributed by atoms with Crippen molar-refractivity contribution < 1.29 is 32.2 Å². The van der Waals surface area contributed by atoms with Gasteiger partial charge in [0.05, 0.1) is 11.1 Å². The van der Waals surface area contributed by atoms with Crippen LogP contribution in [-0.2, 0) is 6.18 Å². The molecule has 29 heavy (non-hydrogen) atoms. The molecule has 0 saturated carbocycles. The molecule has 0 aliphatic carbocycles. The molecule has 0 radical (unpaired) electrons. The number of carbonyl (C=O) groups excluding carboxylic acids is 2. The zero-order chi connectivity index (χ0) is 21.0. The van der Waals surface area contributed by atoms with Crippen LogP contribution in [0.4, 0.5) is 13.2 Å². The summed E-state index contributed by atoms with van der Waals surface area (Å²) >= 11 is 0. The first kappa shape index (κ1) is 20.1. The number of ether oxygens (including phenoxy) is 2. The van der Waals surface area contributed by atoms with Gasteiger partial charge in [-0.05, 0) is 61.5 Å². The molecule has 1 heterocycles. The van der Waals surface area contributed by atoms with Crippen LogP contribution in [0.2, 0.25) is 0 Å². The highest BCUT2D eigenvalue weighted by molar-refractivity contribution is 5.94. The molecule has 0 N–H and O–H groups in total. The third-order valence-electron chi connectivity index (χ3n) is 3.85. The maximum Gasteiger partial charge on any atom is 0.417 e. The van der Waals surface area contributed by atoms with Crippen molar-refractivity contribution in [3.05, 3.63) is 83.6 Å². The minimum absolute atomic E-state index is 0.0149. The molecule has 0 aliphatic heterocycles. The lowest BCUT2D eigenvalue weighted by molar-refractivity contribution is -0.137. The molecule has 0 aliphatic rings. The van der Waals surface area contributed by atoms with E-state index in [1.54, 1.807) is 12.1 Å². The standard InChI is InChI=1S/C21H14F3NO4/c1-13(26)14-2-7-18(8-3-14)29-20(27)15-4-9-17(10-5-15)28-19-11-6-16(12-25-19)21(22,23)24/h2-12H,1H3. The van der Waals surface area contributed by atoms with Gasteiger partial charge in [-0.25, -0.2) is 9.78 Å². The monoisotopic (exact) mass is 401 g/mol. The SMILES string of the molecule is CC(=O)c1ccc(OC(=O)c2ccc(Oc3ccc(C(F)(F)F)cn3)cc2)cc1. The predicted molar refractivity (Wildman–Crippen MR) is 97.2 cm³/mol. The molecule has 0 unspecified atom stereocenters. The topological polar surface area (TPSA) is 65.5 Å². The van der Waals surface area contributed by atoms with E-state index in [1.807, 2.05) is 0 Å². The van der Waals surface area contributed by atoms with Gasteiger partial charge in [0, 0.05) is 17.8 Å². The number of pyridine rings is 1. The number of rotatable bonds is 5. The lowest BCUT2D eigenvalue weighted by Gasteiger charge is -2.09. The van der Waals surface area contributed by atoms with Crippen LogP contribution in [-0.4, -0.2) is 16.7 Å². The normalized spacial score (nSPS) is 11.0. The van der Waals surface area contributed by atoms with E-state index in [1.165, 1.54) is 43.3 Å². The molecule has 0 atom stereocenters. The van der Waals surface area contributed by atoms with Crippen molar-refractivity contribution in [2.45, 2.75) is 13.1 Å². The highest BCUT2D eigenvalue weighted by Crippen LogP contribution is 2.30. The molecule has 3 aromatic rings. The molecule has 0 saturated heterocycles. The van der Waals surface area contributed by atoms with Crippen LogP contribution in [0, 0.1) is 0 Å². The van der Waals surface area contributed by atoms with Crippen LogP contribution in [0.3, 0.4) is 0 Å². The molecule has 3 rings (SSSR count). The Morgan fingerprint density at radius 3 is 1.93 bits per heavy atom. The van der Waals surface area contributed by atoms with E-state index >= 15 is 0 Å². The number of benzene rings is 2. The van der Waals surface area contributed by atoms with E-state index in [9.17, 15) is 22.8 Å². The number of esters is 1. The molecule has 2 aromatic carbocycles. The zero-order valence-corrected chi connectivity index (χ0v) is 15.1. The number of carbonyl (C=O) groups is 2. The van der Waals surface area contributed by atoms with Crippen molar-refractivity contribution in [2.75, 3.05) is 0 Å². The van der Waals surface area contributed by atoms with Crippen molar-refractivity contribution in [2.24, 2.45) is 0 Å². The molecule has 0 bridgehead atoms. The minimum atomic E-state index is -4.47. The van der Waals surface area contributed by atoms with Crippen molar-refractivity contribution in [3.8, 4) is 17.4 Å². The number of ketones is 1. The molecule has 0 fully saturated rings. The second-order valence-electron chi connectivity index (χ2n) is 5.98. The Balaban J connectivity index is 1.63. The fourth-order valence-electron chi connectivity index (χ4n) is 2.31. The van der Waals surface area contributed by atoms with Crippen molar-refractivity contribution in [3.63, 3.8) is 0 Å². The molecule has 0 amide bonds. The third-order valence-corrected chi connectivity index (χ3v) is 3.85. The fourth-order valence-corrected chi connectivity index (χ4v) is 2.31. The van der Waals surface area contributed by atoms with Gasteiger partial charge in [-0.1, -0.05) is 0 Å². The summed E-state index contributed by atoms with van der Waals surface area (Å²) in [6.45, 7) is 1.44. The number of nitrogens with zero attached hydrogens (tertiary/aromatic N) is 1. The number of aromatic nitrogens is 1. The molecule has 8 heteroatoms. The van der Waals surface area contributed by atoms with E-state index in [2.05, 4.69) is 4.98 Å². The Bertz CT molecular complexity index is 1010. The first-order valence-electron chi connectivity index (χ1n) is 8.37. The summed E-state index contributed by atoms with van der Waals surface area (Å²) < 4.78 is 48.2. The maximum atomic E-state index is 12.5. The average molecular weight is 401 g/mol. The van der Waals surface area contributed by atoms with Gasteiger partial charge in [-0.3, -0.25) is 4.79 Å². The highest BCUT2D eigenvalue weighted by Gasteiger charge is 2.30. The van der Waals surface area contributed by atoms with Gasteiger partial charge in [0.2, 0.25) is 5.88 Å². The van der Waals surface area contributed by atoms with E-state index in [4.69, 9.17) is 9.47 Å². The van der Waals surface area contributed by atoms with Crippen molar-refractivity contribution >= 4 is 11.8 Å². The zero-order valence-electron chi connectivity index (χ0n) is 15.1. The smallest absolute Gasteiger partial charge is 0.417 e. The second kappa shape index (κ2) is 8.14. The Kier molecular flexibility index (Phi) is 5.63. The minimum Gasteiger partial charge on any atom is -0.439 e. The summed E-state index contributed by atoms with van der Waals surface area (Å²) in [4.78, 5) is 27.1. The quantitative estimate of drug-likeness (QED) is 0.329. The third kappa shape index (κ3) is 5.19. The van der Waals surface area contributed by atoms with Gasteiger partial charge in [0.15, 0.2) is 5.78 Å². The predicted octanol–water partition coefficient (Wildman–Crippen LogP) is 5.31. The fraction of sp³-hybridized carbons (Fsp3) is 0.0952. The van der Waals surface area contributed by atoms with Gasteiger partial charge in [-0.15, -0.1) is 0 Å². The summed E-state index contributed by atoms with van der Waals surface area (Å²) in [6.07, 6.45) is -3.79. The van der Waals surface area contributed by atoms with Crippen LogP contribution in [0.5, 0.6) is 17.4 Å². The number of hydrogen-bond donors (Lipinski definition) is 0. The van der Waals surface area contributed by atoms with Crippen LogP contribution in [0.25, 0.3) is 0 Å². The number of alkyl halides is 3. The summed E-state index contributed by atoms with van der Waals surface area (Å²) in [5.41, 5.74) is -0.129. The van der Waals surface area contributed by atoms with Crippen LogP contribution in [0.15, 0.2) is 66.9 Å². The van der Waals surface area contributed by atoms with Gasteiger partial charge in [0.25, 0.3) is 0 Å². The summed E-state index contributed by atoms with van der Waals surface area (Å²) in [7, 11) is 0. The lowest BCUT2D eigenvalue weighted by Crippen LogP contribution is -2.08. The maximum absolute atomic E-state index is 12.5. The Morgan fingerprint density at radius 2 is 1.41 bits per heavy atom. The van der Waals surface area contributed by atoms with E-state index in [-0.39, 0.29) is 23.0 Å². The first-order valence-corrected chi connectivity index (χ1v) is 8.37. The van der Waals surface area contributed by atoms with E-state index in [0.29, 0.717) is 17.5 Å². The van der Waals surface area contributed by atoms with Crippen LogP contribution >= 0.6 is 0 Å². The molecule has 148 valence electrons. The molecule has 1 aromatic heterocycles. The average Bonchev–Trinajstić information content (AvgIpc) is 2.68. The first-order chi connectivity index (χ1) is 13.7. The number of hydrogen-bond acceptors (Lipinski definition) is 5. The summed E-state index contributed by atoms with van der Waals surface area (Å²) in [5, 5.41) is 0. The van der Waals surface area contributed by atoms with Crippen molar-refractivity contribution in [1.29, 1.82) is 0 Å². The lowest BCUT2D eigenvalue weighted by atomic mass is 10.1. The van der Waals surface area contributed by atoms with Gasteiger partial charge in [-0.2, -0.15) is 13.2 Å². The Morgan fingerprint density at radius 1 is 0.828 bits per heavy atom. The van der Waals surface area contributed by atoms with Gasteiger partial charge >= 0.3 is 12.1 Å². The second-order valence-corrected chi connectivity index (χ2v) is 5.98. The van der Waals surface area contributed by atoms with Crippen molar-refractivity contribution in [1.82, 2.24) is 4.98 Å². The molecular weight excluding hydrogens is 387 g/mol. The summed E-state index contributed by atoms with van der Waals surface area (Å²) in [5.74, 6) is -0.145. The highest BCUT2D eigenvalue weighted by atomic mass is 19.4. The van der Waals surface area contributed by atoms with Crippen LogP contribution < -0.4 is 9.47 Å². The van der Waals surface area contributed by atoms with E-state index in [0.717, 1.165) is 12.1 Å². The number of Topliss-reactive ketones (excluding diaryl/α,β-unsaturated/α-hetero) is 1. The summed E-state index contributed by atoms with van der Waals surface area (Å²) in [6, 6.07) is 13.9. The molecular formula is C21H14F3NO4. The Labute approximate surface area is 163 Å². The Hall–Kier alpha value is -3.68. The van der Waals surface area contributed by atoms with Gasteiger partial charge in [0.1, 0.15) is 11.5 Å². The van der Waals surface area contributed by atoms with Crippen LogP contribution in [0.1, 0.15) is 33.2 Å². The largest absolute Gasteiger partial charge is 0.439 e.